The van der Waals surface area contributed by atoms with Gasteiger partial charge in [0.15, 0.2) is 0 Å². The first-order valence-electron chi connectivity index (χ1n) is 7.78. The van der Waals surface area contributed by atoms with Gasteiger partial charge in [-0.1, -0.05) is 18.2 Å². The van der Waals surface area contributed by atoms with Crippen LogP contribution < -0.4 is 4.90 Å². The number of carbonyl (C=O) groups excluding carboxylic acids is 1. The number of aliphatic hydroxyl groups excluding tert-OH is 1. The molecule has 0 saturated heterocycles. The molecule has 0 aromatic heterocycles. The van der Waals surface area contributed by atoms with Crippen molar-refractivity contribution < 1.29 is 14.6 Å². The molecule has 1 heterocycles. The van der Waals surface area contributed by atoms with E-state index in [9.17, 15) is 9.90 Å². The Labute approximate surface area is 125 Å². The van der Waals surface area contributed by atoms with Gasteiger partial charge in [-0.2, -0.15) is 0 Å². The van der Waals surface area contributed by atoms with Gasteiger partial charge in [0.05, 0.1) is 18.1 Å². The zero-order valence-electron chi connectivity index (χ0n) is 12.5. The molecule has 1 saturated carbocycles. The zero-order valence-corrected chi connectivity index (χ0v) is 12.5. The largest absolute Gasteiger partial charge is 0.388 e. The van der Waals surface area contributed by atoms with Crippen molar-refractivity contribution in [2.45, 2.75) is 50.2 Å². The minimum atomic E-state index is -0.473. The van der Waals surface area contributed by atoms with Gasteiger partial charge in [0, 0.05) is 24.9 Å². The number of para-hydroxylation sites is 1. The van der Waals surface area contributed by atoms with Crippen molar-refractivity contribution in [2.75, 3.05) is 18.6 Å². The maximum absolute atomic E-state index is 12.8. The predicted octanol–water partition coefficient (Wildman–Crippen LogP) is 2.81. The first-order valence-corrected chi connectivity index (χ1v) is 7.78. The van der Waals surface area contributed by atoms with Crippen molar-refractivity contribution in [1.29, 1.82) is 0 Å². The fourth-order valence-electron chi connectivity index (χ4n) is 3.39. The normalized spacial score (nSPS) is 23.9. The molecule has 1 aromatic rings. The Morgan fingerprint density at radius 3 is 2.81 bits per heavy atom. The van der Waals surface area contributed by atoms with E-state index in [1.165, 1.54) is 0 Å². The number of rotatable bonds is 3. The summed E-state index contributed by atoms with van der Waals surface area (Å²) >= 11 is 0. The third-order valence-electron chi connectivity index (χ3n) is 4.92. The van der Waals surface area contributed by atoms with Crippen LogP contribution in [0.4, 0.5) is 5.69 Å². The highest BCUT2D eigenvalue weighted by molar-refractivity contribution is 5.95. The summed E-state index contributed by atoms with van der Waals surface area (Å²) in [6.45, 7) is 0.673. The number of anilines is 1. The topological polar surface area (TPSA) is 49.8 Å². The van der Waals surface area contributed by atoms with E-state index in [-0.39, 0.29) is 11.5 Å². The summed E-state index contributed by atoms with van der Waals surface area (Å²) in [5.41, 5.74) is 1.47. The third-order valence-corrected chi connectivity index (χ3v) is 4.92. The van der Waals surface area contributed by atoms with Gasteiger partial charge in [0.2, 0.25) is 5.91 Å². The standard InChI is InChI=1S/C17H23NO3/c1-21-17(9-5-10-17)12-16(20)18-11-4-8-15(19)13-6-2-3-7-14(13)18/h2-3,6-7,15,19H,4-5,8-12H2,1H3. The molecule has 0 radical (unpaired) electrons. The number of nitrogens with zero attached hydrogens (tertiary/aromatic N) is 1. The minimum Gasteiger partial charge on any atom is -0.388 e. The summed E-state index contributed by atoms with van der Waals surface area (Å²) in [6, 6.07) is 7.69. The Morgan fingerprint density at radius 1 is 1.38 bits per heavy atom. The molecular weight excluding hydrogens is 266 g/mol. The van der Waals surface area contributed by atoms with Crippen LogP contribution in [0.25, 0.3) is 0 Å². The molecule has 114 valence electrons. The van der Waals surface area contributed by atoms with Crippen LogP contribution in [0.5, 0.6) is 0 Å². The molecule has 4 heteroatoms. The van der Waals surface area contributed by atoms with Crippen LogP contribution in [-0.4, -0.2) is 30.3 Å². The second kappa shape index (κ2) is 5.78. The number of hydrogen-bond donors (Lipinski definition) is 1. The Hall–Kier alpha value is -1.39. The van der Waals surface area contributed by atoms with Crippen molar-refractivity contribution >= 4 is 11.6 Å². The first kappa shape index (κ1) is 14.5. The average molecular weight is 289 g/mol. The van der Waals surface area contributed by atoms with Gasteiger partial charge in [0.25, 0.3) is 0 Å². The van der Waals surface area contributed by atoms with E-state index in [1.807, 2.05) is 29.2 Å². The lowest BCUT2D eigenvalue weighted by molar-refractivity contribution is -0.131. The second-order valence-corrected chi connectivity index (χ2v) is 6.18. The number of fused-ring (bicyclic) bond motifs is 1. The molecule has 1 atom stereocenters. The number of aliphatic hydroxyl groups is 1. The van der Waals surface area contributed by atoms with E-state index >= 15 is 0 Å². The van der Waals surface area contributed by atoms with Crippen LogP contribution in [0.3, 0.4) is 0 Å². The molecule has 3 rings (SSSR count). The lowest BCUT2D eigenvalue weighted by Gasteiger charge is -2.41. The molecule has 4 nitrogen and oxygen atoms in total. The molecule has 0 spiro atoms. The number of hydrogen-bond acceptors (Lipinski definition) is 3. The first-order chi connectivity index (χ1) is 10.2. The Bertz CT molecular complexity index is 519. The average Bonchev–Trinajstić information content (AvgIpc) is 2.63. The third kappa shape index (κ3) is 2.70. The second-order valence-electron chi connectivity index (χ2n) is 6.18. The minimum absolute atomic E-state index is 0.109. The monoisotopic (exact) mass is 289 g/mol. The predicted molar refractivity (Wildman–Crippen MR) is 81.2 cm³/mol. The summed E-state index contributed by atoms with van der Waals surface area (Å²) in [7, 11) is 1.70. The fraction of sp³-hybridized carbons (Fsp3) is 0.588. The molecule has 1 aromatic carbocycles. The number of methoxy groups -OCH3 is 1. The van der Waals surface area contributed by atoms with Crippen LogP contribution in [0, 0.1) is 0 Å². The molecular formula is C17H23NO3. The Kier molecular flexibility index (Phi) is 4.00. The van der Waals surface area contributed by atoms with Crippen molar-refractivity contribution in [3.05, 3.63) is 29.8 Å². The number of ether oxygens (including phenoxy) is 1. The molecule has 21 heavy (non-hydrogen) atoms. The van der Waals surface area contributed by atoms with E-state index < -0.39 is 6.10 Å². The van der Waals surface area contributed by atoms with Crippen molar-refractivity contribution in [1.82, 2.24) is 0 Å². The molecule has 0 bridgehead atoms. The van der Waals surface area contributed by atoms with Gasteiger partial charge in [-0.3, -0.25) is 4.79 Å². The van der Waals surface area contributed by atoms with Crippen LogP contribution in [0.2, 0.25) is 0 Å². The molecule has 1 N–H and O–H groups in total. The number of benzene rings is 1. The van der Waals surface area contributed by atoms with Gasteiger partial charge in [-0.15, -0.1) is 0 Å². The Morgan fingerprint density at radius 2 is 2.14 bits per heavy atom. The van der Waals surface area contributed by atoms with Gasteiger partial charge in [-0.25, -0.2) is 0 Å². The number of amides is 1. The molecule has 1 aliphatic carbocycles. The van der Waals surface area contributed by atoms with Crippen LogP contribution in [-0.2, 0) is 9.53 Å². The van der Waals surface area contributed by atoms with Crippen molar-refractivity contribution in [2.24, 2.45) is 0 Å². The lowest BCUT2D eigenvalue weighted by Crippen LogP contribution is -2.45. The number of carbonyl (C=O) groups is 1. The lowest BCUT2D eigenvalue weighted by atomic mass is 9.77. The van der Waals surface area contributed by atoms with Gasteiger partial charge >= 0.3 is 0 Å². The van der Waals surface area contributed by atoms with Crippen LogP contribution in [0.15, 0.2) is 24.3 Å². The smallest absolute Gasteiger partial charge is 0.229 e. The van der Waals surface area contributed by atoms with Crippen molar-refractivity contribution in [3.63, 3.8) is 0 Å². The van der Waals surface area contributed by atoms with Crippen LogP contribution in [0.1, 0.15) is 50.2 Å². The highest BCUT2D eigenvalue weighted by Crippen LogP contribution is 2.40. The summed E-state index contributed by atoms with van der Waals surface area (Å²) in [5, 5.41) is 10.2. The quantitative estimate of drug-likeness (QED) is 0.931. The molecule has 1 amide bonds. The van der Waals surface area contributed by atoms with E-state index in [0.717, 1.165) is 36.9 Å². The van der Waals surface area contributed by atoms with E-state index in [0.29, 0.717) is 19.4 Å². The summed E-state index contributed by atoms with van der Waals surface area (Å²) in [6.07, 6.45) is 4.56. The molecule has 1 unspecified atom stereocenters. The molecule has 2 aliphatic rings. The maximum Gasteiger partial charge on any atom is 0.229 e. The van der Waals surface area contributed by atoms with E-state index in [4.69, 9.17) is 4.74 Å². The van der Waals surface area contributed by atoms with Gasteiger partial charge in [0.1, 0.15) is 0 Å². The van der Waals surface area contributed by atoms with Gasteiger partial charge < -0.3 is 14.7 Å². The summed E-state index contributed by atoms with van der Waals surface area (Å²) in [4.78, 5) is 14.6. The maximum atomic E-state index is 12.8. The molecule has 1 fully saturated rings. The van der Waals surface area contributed by atoms with E-state index in [1.54, 1.807) is 7.11 Å². The zero-order chi connectivity index (χ0) is 14.9. The highest BCUT2D eigenvalue weighted by atomic mass is 16.5. The van der Waals surface area contributed by atoms with E-state index in [2.05, 4.69) is 0 Å². The summed E-state index contributed by atoms with van der Waals surface area (Å²) < 4.78 is 5.58. The fourth-order valence-corrected chi connectivity index (χ4v) is 3.39. The van der Waals surface area contributed by atoms with Gasteiger partial charge in [-0.05, 0) is 38.2 Å². The van der Waals surface area contributed by atoms with Crippen LogP contribution >= 0.6 is 0 Å². The summed E-state index contributed by atoms with van der Waals surface area (Å²) in [5.74, 6) is 0.109. The highest BCUT2D eigenvalue weighted by Gasteiger charge is 2.40. The SMILES string of the molecule is COC1(CC(=O)N2CCCC(O)c3ccccc32)CCC1. The van der Waals surface area contributed by atoms with Crippen molar-refractivity contribution in [3.8, 4) is 0 Å². The Balaban J connectivity index is 1.84. The molecule has 1 aliphatic heterocycles.